The molecule has 0 spiro atoms. The monoisotopic (exact) mass is 264 g/mol. The predicted molar refractivity (Wildman–Crippen MR) is 79.3 cm³/mol. The smallest absolute Gasteiger partial charge is 0.104 e. The molecule has 3 nitrogen and oxygen atoms in total. The first kappa shape index (κ1) is 13.3. The van der Waals surface area contributed by atoms with Crippen LogP contribution in [0.2, 0.25) is 0 Å². The van der Waals surface area contributed by atoms with Gasteiger partial charge in [0.25, 0.3) is 0 Å². The van der Waals surface area contributed by atoms with Gasteiger partial charge in [-0.15, -0.1) is 0 Å². The fourth-order valence-electron chi connectivity index (χ4n) is 2.36. The fraction of sp³-hybridized carbons (Fsp3) is 0.500. The van der Waals surface area contributed by atoms with Gasteiger partial charge in [0, 0.05) is 31.5 Å². The lowest BCUT2D eigenvalue weighted by atomic mass is 10.1. The molecular formula is C14H20N2OS. The molecule has 0 saturated carbocycles. The van der Waals surface area contributed by atoms with Gasteiger partial charge in [0.15, 0.2) is 0 Å². The molecule has 1 aromatic carbocycles. The zero-order valence-electron chi connectivity index (χ0n) is 11.0. The summed E-state index contributed by atoms with van der Waals surface area (Å²) in [5.41, 5.74) is 8.94. The van der Waals surface area contributed by atoms with Crippen molar-refractivity contribution < 1.29 is 4.74 Å². The van der Waals surface area contributed by atoms with Crippen LogP contribution in [-0.2, 0) is 4.74 Å². The van der Waals surface area contributed by atoms with Crippen LogP contribution in [0, 0.1) is 6.92 Å². The molecule has 0 radical (unpaired) electrons. The predicted octanol–water partition coefficient (Wildman–Crippen LogP) is 2.24. The summed E-state index contributed by atoms with van der Waals surface area (Å²) in [6, 6.07) is 6.19. The first-order chi connectivity index (χ1) is 8.58. The van der Waals surface area contributed by atoms with Gasteiger partial charge in [-0.05, 0) is 43.5 Å². The highest BCUT2D eigenvalue weighted by Crippen LogP contribution is 2.21. The van der Waals surface area contributed by atoms with E-state index < -0.39 is 0 Å². The average molecular weight is 264 g/mol. The summed E-state index contributed by atoms with van der Waals surface area (Å²) < 4.78 is 5.65. The molecule has 1 aliphatic rings. The van der Waals surface area contributed by atoms with E-state index in [0.29, 0.717) is 11.1 Å². The number of aryl methyl sites for hydroxylation is 1. The van der Waals surface area contributed by atoms with E-state index in [9.17, 15) is 0 Å². The molecule has 0 aromatic heterocycles. The second-order valence-corrected chi connectivity index (χ2v) is 5.32. The van der Waals surface area contributed by atoms with Gasteiger partial charge in [0.1, 0.15) is 4.99 Å². The number of anilines is 1. The van der Waals surface area contributed by atoms with Crippen molar-refractivity contribution in [2.45, 2.75) is 25.9 Å². The maximum absolute atomic E-state index is 5.67. The molecule has 1 unspecified atom stereocenters. The van der Waals surface area contributed by atoms with Crippen molar-refractivity contribution in [1.29, 1.82) is 0 Å². The van der Waals surface area contributed by atoms with Crippen LogP contribution in [0.4, 0.5) is 5.69 Å². The van der Waals surface area contributed by atoms with E-state index in [4.69, 9.17) is 22.7 Å². The molecule has 1 saturated heterocycles. The Labute approximate surface area is 114 Å². The molecule has 0 amide bonds. The van der Waals surface area contributed by atoms with Crippen LogP contribution in [0.15, 0.2) is 18.2 Å². The molecular weight excluding hydrogens is 244 g/mol. The zero-order valence-corrected chi connectivity index (χ0v) is 11.8. The Bertz CT molecular complexity index is 441. The van der Waals surface area contributed by atoms with Crippen LogP contribution in [0.3, 0.4) is 0 Å². The summed E-state index contributed by atoms with van der Waals surface area (Å²) in [4.78, 5) is 2.69. The third-order valence-electron chi connectivity index (χ3n) is 3.42. The first-order valence-corrected chi connectivity index (χ1v) is 6.72. The zero-order chi connectivity index (χ0) is 13.1. The van der Waals surface area contributed by atoms with E-state index in [-0.39, 0.29) is 0 Å². The van der Waals surface area contributed by atoms with Crippen LogP contribution in [0.5, 0.6) is 0 Å². The molecule has 1 fully saturated rings. The fourth-order valence-corrected chi connectivity index (χ4v) is 2.59. The van der Waals surface area contributed by atoms with Crippen molar-refractivity contribution in [3.63, 3.8) is 0 Å². The van der Waals surface area contributed by atoms with Crippen molar-refractivity contribution in [2.75, 3.05) is 25.1 Å². The van der Waals surface area contributed by atoms with E-state index >= 15 is 0 Å². The van der Waals surface area contributed by atoms with Gasteiger partial charge in [0.05, 0.1) is 6.10 Å². The Kier molecular flexibility index (Phi) is 4.19. The van der Waals surface area contributed by atoms with Crippen LogP contribution in [0.25, 0.3) is 0 Å². The van der Waals surface area contributed by atoms with Gasteiger partial charge in [-0.25, -0.2) is 0 Å². The van der Waals surface area contributed by atoms with Gasteiger partial charge in [-0.2, -0.15) is 0 Å². The summed E-state index contributed by atoms with van der Waals surface area (Å²) in [6.07, 6.45) is 2.71. The Morgan fingerprint density at radius 2 is 2.33 bits per heavy atom. The highest BCUT2D eigenvalue weighted by Gasteiger charge is 2.17. The summed E-state index contributed by atoms with van der Waals surface area (Å²) in [6.45, 7) is 3.88. The summed E-state index contributed by atoms with van der Waals surface area (Å²) in [5.74, 6) is 0. The van der Waals surface area contributed by atoms with E-state index in [1.807, 2.05) is 13.0 Å². The van der Waals surface area contributed by atoms with Crippen molar-refractivity contribution in [2.24, 2.45) is 5.73 Å². The van der Waals surface area contributed by atoms with Crippen LogP contribution in [0.1, 0.15) is 24.0 Å². The Morgan fingerprint density at radius 1 is 1.56 bits per heavy atom. The van der Waals surface area contributed by atoms with Gasteiger partial charge in [0.2, 0.25) is 0 Å². The van der Waals surface area contributed by atoms with Crippen molar-refractivity contribution >= 4 is 22.9 Å². The molecule has 18 heavy (non-hydrogen) atoms. The Hall–Kier alpha value is -1.13. The lowest BCUT2D eigenvalue weighted by molar-refractivity contribution is 0.116. The van der Waals surface area contributed by atoms with Crippen LogP contribution in [-0.4, -0.2) is 31.3 Å². The third-order valence-corrected chi connectivity index (χ3v) is 3.64. The second-order valence-electron chi connectivity index (χ2n) is 4.88. The Morgan fingerprint density at radius 3 is 2.89 bits per heavy atom. The highest BCUT2D eigenvalue weighted by molar-refractivity contribution is 7.80. The summed E-state index contributed by atoms with van der Waals surface area (Å²) in [7, 11) is 2.09. The van der Waals surface area contributed by atoms with Crippen molar-refractivity contribution in [3.8, 4) is 0 Å². The number of thiocarbonyl (C=S) groups is 1. The average Bonchev–Trinajstić information content (AvgIpc) is 2.81. The van der Waals surface area contributed by atoms with Crippen molar-refractivity contribution in [1.82, 2.24) is 0 Å². The number of hydrogen-bond donors (Lipinski definition) is 1. The molecule has 0 bridgehead atoms. The molecule has 2 rings (SSSR count). The van der Waals surface area contributed by atoms with Crippen molar-refractivity contribution in [3.05, 3.63) is 29.3 Å². The Balaban J connectivity index is 2.08. The van der Waals surface area contributed by atoms with Crippen LogP contribution >= 0.6 is 12.2 Å². The van der Waals surface area contributed by atoms with E-state index in [0.717, 1.165) is 30.7 Å². The highest BCUT2D eigenvalue weighted by atomic mass is 32.1. The molecule has 1 atom stereocenters. The molecule has 4 heteroatoms. The van der Waals surface area contributed by atoms with Gasteiger partial charge in [-0.1, -0.05) is 12.2 Å². The number of ether oxygens (including phenoxy) is 1. The minimum Gasteiger partial charge on any atom is -0.389 e. The summed E-state index contributed by atoms with van der Waals surface area (Å²) >= 11 is 5.02. The molecule has 1 heterocycles. The first-order valence-electron chi connectivity index (χ1n) is 6.31. The van der Waals surface area contributed by atoms with Gasteiger partial charge >= 0.3 is 0 Å². The largest absolute Gasteiger partial charge is 0.389 e. The number of likely N-dealkylation sites (N-methyl/N-ethyl adjacent to an activating group) is 1. The number of rotatable bonds is 4. The topological polar surface area (TPSA) is 38.5 Å². The van der Waals surface area contributed by atoms with Gasteiger partial charge in [-0.3, -0.25) is 0 Å². The maximum atomic E-state index is 5.67. The molecule has 0 aliphatic carbocycles. The second kappa shape index (κ2) is 5.67. The normalized spacial score (nSPS) is 18.9. The quantitative estimate of drug-likeness (QED) is 0.847. The van der Waals surface area contributed by atoms with E-state index in [2.05, 4.69) is 24.1 Å². The van der Waals surface area contributed by atoms with E-state index in [1.165, 1.54) is 12.1 Å². The third kappa shape index (κ3) is 3.00. The minimum absolute atomic E-state index is 0.366. The number of benzene rings is 1. The lowest BCUT2D eigenvalue weighted by Gasteiger charge is -2.23. The van der Waals surface area contributed by atoms with Crippen LogP contribution < -0.4 is 10.6 Å². The molecule has 98 valence electrons. The lowest BCUT2D eigenvalue weighted by Crippen LogP contribution is -2.28. The standard InChI is InChI=1S/C14H20N2OS/c1-10-8-11(5-6-13(10)14(15)18)16(2)9-12-4-3-7-17-12/h5-6,8,12H,3-4,7,9H2,1-2H3,(H2,15,18). The number of nitrogens with two attached hydrogens (primary N) is 1. The maximum Gasteiger partial charge on any atom is 0.104 e. The minimum atomic E-state index is 0.366. The number of hydrogen-bond acceptors (Lipinski definition) is 3. The molecule has 2 N–H and O–H groups in total. The summed E-state index contributed by atoms with van der Waals surface area (Å²) in [5, 5.41) is 0. The van der Waals surface area contributed by atoms with E-state index in [1.54, 1.807) is 0 Å². The SMILES string of the molecule is Cc1cc(N(C)CC2CCCO2)ccc1C(N)=S. The molecule has 1 aliphatic heterocycles. The molecule has 1 aromatic rings. The van der Waals surface area contributed by atoms with Gasteiger partial charge < -0.3 is 15.4 Å². The number of nitrogens with zero attached hydrogens (tertiary/aromatic N) is 1.